The first-order chi connectivity index (χ1) is 10.3. The van der Waals surface area contributed by atoms with Crippen LogP contribution in [0.25, 0.3) is 5.82 Å². The fourth-order valence-corrected chi connectivity index (χ4v) is 1.98. The number of hydrogen-bond acceptors (Lipinski definition) is 4. The minimum absolute atomic E-state index is 0.200. The number of rotatable bonds is 4. The predicted octanol–water partition coefficient (Wildman–Crippen LogP) is 2.71. The van der Waals surface area contributed by atoms with Crippen LogP contribution in [0.1, 0.15) is 10.4 Å². The van der Waals surface area contributed by atoms with Crippen molar-refractivity contribution in [2.24, 2.45) is 0 Å². The highest BCUT2D eigenvalue weighted by Gasteiger charge is 2.11. The summed E-state index contributed by atoms with van der Waals surface area (Å²) >= 11 is 0. The first kappa shape index (κ1) is 12.9. The molecule has 104 valence electrons. The number of aromatic carboxylic acids is 1. The number of nitrogens with one attached hydrogen (secondary N) is 1. The predicted molar refractivity (Wildman–Crippen MR) is 78.0 cm³/mol. The van der Waals surface area contributed by atoms with Gasteiger partial charge in [0, 0.05) is 12.3 Å². The molecule has 2 aromatic heterocycles. The van der Waals surface area contributed by atoms with Gasteiger partial charge in [0.1, 0.15) is 5.82 Å². The molecule has 21 heavy (non-hydrogen) atoms. The third-order valence-corrected chi connectivity index (χ3v) is 2.93. The summed E-state index contributed by atoms with van der Waals surface area (Å²) in [4.78, 5) is 15.5. The Morgan fingerprint density at radius 3 is 2.62 bits per heavy atom. The van der Waals surface area contributed by atoms with Crippen molar-refractivity contribution in [3.8, 4) is 5.82 Å². The maximum absolute atomic E-state index is 11.2. The summed E-state index contributed by atoms with van der Waals surface area (Å²) in [7, 11) is 0. The quantitative estimate of drug-likeness (QED) is 0.768. The molecule has 2 heterocycles. The molecule has 3 aromatic rings. The van der Waals surface area contributed by atoms with Crippen LogP contribution in [0.5, 0.6) is 0 Å². The molecule has 0 saturated heterocycles. The highest BCUT2D eigenvalue weighted by Crippen LogP contribution is 2.22. The fourth-order valence-electron chi connectivity index (χ4n) is 1.98. The van der Waals surface area contributed by atoms with E-state index in [0.717, 1.165) is 0 Å². The maximum Gasteiger partial charge on any atom is 0.337 e. The van der Waals surface area contributed by atoms with Crippen LogP contribution in [0.15, 0.2) is 60.9 Å². The minimum atomic E-state index is -0.984. The van der Waals surface area contributed by atoms with Crippen LogP contribution in [0.4, 0.5) is 11.5 Å². The Morgan fingerprint density at radius 1 is 1.05 bits per heavy atom. The monoisotopic (exact) mass is 280 g/mol. The summed E-state index contributed by atoms with van der Waals surface area (Å²) in [5.41, 5.74) is 0.703. The molecule has 3 rings (SSSR count). The molecule has 0 amide bonds. The number of carboxylic acids is 1. The molecule has 6 heteroatoms. The van der Waals surface area contributed by atoms with Crippen LogP contribution in [0.2, 0.25) is 0 Å². The van der Waals surface area contributed by atoms with E-state index in [-0.39, 0.29) is 5.56 Å². The summed E-state index contributed by atoms with van der Waals surface area (Å²) in [6, 6.07) is 14.0. The minimum Gasteiger partial charge on any atom is -0.478 e. The van der Waals surface area contributed by atoms with Gasteiger partial charge in [-0.25, -0.2) is 9.78 Å². The summed E-state index contributed by atoms with van der Waals surface area (Å²) in [6.45, 7) is 0. The molecule has 0 saturated carbocycles. The van der Waals surface area contributed by atoms with Crippen LogP contribution in [-0.2, 0) is 0 Å². The average Bonchev–Trinajstić information content (AvgIpc) is 2.96. The highest BCUT2D eigenvalue weighted by atomic mass is 16.4. The number of carboxylic acid groups (broad SMARTS) is 1. The lowest BCUT2D eigenvalue weighted by Crippen LogP contribution is -2.07. The zero-order valence-electron chi connectivity index (χ0n) is 11.0. The van der Waals surface area contributed by atoms with E-state index >= 15 is 0 Å². The molecule has 0 atom stereocenters. The standard InChI is InChI=1S/C15H12N4O2/c20-15(21)11-5-1-2-6-12(11)18-14-8-10-17-19(14)13-7-3-4-9-16-13/h1-10,18H,(H,20,21). The molecule has 0 radical (unpaired) electrons. The highest BCUT2D eigenvalue weighted by molar-refractivity contribution is 5.95. The third kappa shape index (κ3) is 2.59. The number of carbonyl (C=O) groups is 1. The second kappa shape index (κ2) is 5.46. The summed E-state index contributed by atoms with van der Waals surface area (Å²) in [5, 5.41) is 16.5. The number of anilines is 2. The fraction of sp³-hybridized carbons (Fsp3) is 0. The second-order valence-corrected chi connectivity index (χ2v) is 4.29. The van der Waals surface area contributed by atoms with Crippen molar-refractivity contribution in [1.82, 2.24) is 14.8 Å². The Morgan fingerprint density at radius 2 is 1.86 bits per heavy atom. The van der Waals surface area contributed by atoms with E-state index in [4.69, 9.17) is 0 Å². The largest absolute Gasteiger partial charge is 0.478 e. The van der Waals surface area contributed by atoms with Gasteiger partial charge in [-0.3, -0.25) is 0 Å². The van der Waals surface area contributed by atoms with Crippen molar-refractivity contribution in [1.29, 1.82) is 0 Å². The molecule has 2 N–H and O–H groups in total. The molecule has 0 bridgehead atoms. The molecular weight excluding hydrogens is 268 g/mol. The number of pyridine rings is 1. The van der Waals surface area contributed by atoms with Crippen LogP contribution in [-0.4, -0.2) is 25.8 Å². The lowest BCUT2D eigenvalue weighted by molar-refractivity contribution is 0.0698. The Bertz CT molecular complexity index is 768. The summed E-state index contributed by atoms with van der Waals surface area (Å²) in [6.07, 6.45) is 3.30. The smallest absolute Gasteiger partial charge is 0.337 e. The molecule has 1 aromatic carbocycles. The molecule has 0 aliphatic rings. The Kier molecular flexibility index (Phi) is 3.34. The van der Waals surface area contributed by atoms with Crippen molar-refractivity contribution in [3.63, 3.8) is 0 Å². The van der Waals surface area contributed by atoms with Crippen LogP contribution >= 0.6 is 0 Å². The third-order valence-electron chi connectivity index (χ3n) is 2.93. The van der Waals surface area contributed by atoms with Crippen molar-refractivity contribution < 1.29 is 9.90 Å². The normalized spacial score (nSPS) is 10.3. The lowest BCUT2D eigenvalue weighted by atomic mass is 10.2. The van der Waals surface area contributed by atoms with E-state index in [0.29, 0.717) is 17.3 Å². The molecular formula is C15H12N4O2. The van der Waals surface area contributed by atoms with Crippen molar-refractivity contribution in [2.45, 2.75) is 0 Å². The van der Waals surface area contributed by atoms with Crippen LogP contribution in [0, 0.1) is 0 Å². The number of benzene rings is 1. The van der Waals surface area contributed by atoms with Gasteiger partial charge < -0.3 is 10.4 Å². The van der Waals surface area contributed by atoms with Gasteiger partial charge in [0.05, 0.1) is 17.4 Å². The van der Waals surface area contributed by atoms with E-state index in [1.807, 2.05) is 18.2 Å². The van der Waals surface area contributed by atoms with Gasteiger partial charge in [-0.2, -0.15) is 9.78 Å². The zero-order chi connectivity index (χ0) is 14.7. The topological polar surface area (TPSA) is 80.0 Å². The van der Waals surface area contributed by atoms with E-state index in [2.05, 4.69) is 15.4 Å². The van der Waals surface area contributed by atoms with Crippen LogP contribution < -0.4 is 5.32 Å². The zero-order valence-corrected chi connectivity index (χ0v) is 11.0. The Hall–Kier alpha value is -3.15. The molecule has 0 spiro atoms. The lowest BCUT2D eigenvalue weighted by Gasteiger charge is -2.11. The first-order valence-corrected chi connectivity index (χ1v) is 6.30. The van der Waals surface area contributed by atoms with Gasteiger partial charge in [-0.05, 0) is 24.3 Å². The van der Waals surface area contributed by atoms with Gasteiger partial charge in [-0.1, -0.05) is 18.2 Å². The number of nitrogens with zero attached hydrogens (tertiary/aromatic N) is 3. The molecule has 0 unspecified atom stereocenters. The maximum atomic E-state index is 11.2. The van der Waals surface area contributed by atoms with E-state index < -0.39 is 5.97 Å². The molecule has 0 fully saturated rings. The average molecular weight is 280 g/mol. The van der Waals surface area contributed by atoms with Crippen molar-refractivity contribution >= 4 is 17.5 Å². The first-order valence-electron chi connectivity index (χ1n) is 6.30. The van der Waals surface area contributed by atoms with Crippen molar-refractivity contribution in [3.05, 3.63) is 66.5 Å². The number of hydrogen-bond donors (Lipinski definition) is 2. The van der Waals surface area contributed by atoms with Gasteiger partial charge in [0.25, 0.3) is 0 Å². The SMILES string of the molecule is O=C(O)c1ccccc1Nc1ccnn1-c1ccccn1. The molecule has 6 nitrogen and oxygen atoms in total. The van der Waals surface area contributed by atoms with Crippen LogP contribution in [0.3, 0.4) is 0 Å². The van der Waals surface area contributed by atoms with E-state index in [9.17, 15) is 9.90 Å². The summed E-state index contributed by atoms with van der Waals surface area (Å²) in [5.74, 6) is 0.308. The van der Waals surface area contributed by atoms with Gasteiger partial charge in [0.15, 0.2) is 5.82 Å². The van der Waals surface area contributed by atoms with Gasteiger partial charge in [-0.15, -0.1) is 0 Å². The summed E-state index contributed by atoms with van der Waals surface area (Å²) < 4.78 is 1.61. The van der Waals surface area contributed by atoms with E-state index in [1.165, 1.54) is 0 Å². The van der Waals surface area contributed by atoms with Crippen molar-refractivity contribution in [2.75, 3.05) is 5.32 Å². The van der Waals surface area contributed by atoms with E-state index in [1.54, 1.807) is 47.4 Å². The second-order valence-electron chi connectivity index (χ2n) is 4.29. The molecule has 0 aliphatic carbocycles. The molecule has 0 aliphatic heterocycles. The number of para-hydroxylation sites is 1. The van der Waals surface area contributed by atoms with Gasteiger partial charge >= 0.3 is 5.97 Å². The Balaban J connectivity index is 1.98. The number of aromatic nitrogens is 3. The Labute approximate surface area is 120 Å². The van der Waals surface area contributed by atoms with Gasteiger partial charge in [0.2, 0.25) is 0 Å².